The maximum Gasteiger partial charge on any atom is 0.274 e. The topological polar surface area (TPSA) is 51.7 Å². The Morgan fingerprint density at radius 2 is 2.04 bits per heavy atom. The molecular weight excluding hydrogens is 464 g/mol. The van der Waals surface area contributed by atoms with E-state index in [1.807, 2.05) is 29.2 Å². The third-order valence-corrected chi connectivity index (χ3v) is 6.48. The molecule has 0 bridgehead atoms. The Morgan fingerprint density at radius 1 is 1.25 bits per heavy atom. The van der Waals surface area contributed by atoms with Gasteiger partial charge in [0.25, 0.3) is 11.1 Å². The number of rotatable bonds is 4. The predicted molar refractivity (Wildman–Crippen MR) is 115 cm³/mol. The Morgan fingerprint density at radius 3 is 2.79 bits per heavy atom. The zero-order chi connectivity index (χ0) is 19.7. The number of halogens is 2. The van der Waals surface area contributed by atoms with E-state index in [2.05, 4.69) is 20.9 Å². The molecule has 28 heavy (non-hydrogen) atoms. The van der Waals surface area contributed by atoms with E-state index in [1.165, 1.54) is 11.3 Å². The van der Waals surface area contributed by atoms with Crippen LogP contribution in [0.4, 0.5) is 0 Å². The zero-order valence-corrected chi connectivity index (χ0v) is 18.3. The molecule has 2 aromatic carbocycles. The number of hydrogen-bond acceptors (Lipinski definition) is 5. The molecule has 1 aliphatic heterocycles. The zero-order valence-electron chi connectivity index (χ0n) is 15.2. The van der Waals surface area contributed by atoms with Gasteiger partial charge < -0.3 is 14.4 Å². The Kier molecular flexibility index (Phi) is 5.75. The molecule has 0 spiro atoms. The van der Waals surface area contributed by atoms with Crippen LogP contribution in [0.15, 0.2) is 40.9 Å². The maximum absolute atomic E-state index is 12.8. The highest BCUT2D eigenvalue weighted by Crippen LogP contribution is 2.32. The normalized spacial score (nSPS) is 15.0. The van der Waals surface area contributed by atoms with Gasteiger partial charge in [-0.1, -0.05) is 38.9 Å². The van der Waals surface area contributed by atoms with Crippen molar-refractivity contribution in [1.29, 1.82) is 0 Å². The first kappa shape index (κ1) is 19.5. The van der Waals surface area contributed by atoms with Crippen LogP contribution in [0.5, 0.6) is 10.9 Å². The number of ether oxygens (including phenoxy) is 2. The minimum atomic E-state index is -0.0446. The fourth-order valence-corrected chi connectivity index (χ4v) is 4.64. The summed E-state index contributed by atoms with van der Waals surface area (Å²) in [6, 6.07) is 11.1. The smallest absolute Gasteiger partial charge is 0.274 e. The second-order valence-corrected chi connectivity index (χ2v) is 8.86. The lowest BCUT2D eigenvalue weighted by Crippen LogP contribution is -2.41. The van der Waals surface area contributed by atoms with E-state index < -0.39 is 0 Å². The summed E-state index contributed by atoms with van der Waals surface area (Å²) in [6.45, 7) is 1.26. The highest BCUT2D eigenvalue weighted by Gasteiger charge is 2.26. The molecule has 146 valence electrons. The third-order valence-electron chi connectivity index (χ3n) is 4.73. The molecule has 0 saturated carbocycles. The number of piperidine rings is 1. The van der Waals surface area contributed by atoms with Gasteiger partial charge in [-0.05, 0) is 30.3 Å². The Labute approximate surface area is 180 Å². The summed E-state index contributed by atoms with van der Waals surface area (Å²) in [5.74, 6) is 0.735. The SMILES string of the molecule is COc1ccc2sc(OC3CCN(C(=O)c4cc(Br)ccc4Cl)CC3)nc2c1. The highest BCUT2D eigenvalue weighted by atomic mass is 79.9. The largest absolute Gasteiger partial charge is 0.497 e. The number of carbonyl (C=O) groups excluding carboxylic acids is 1. The first-order chi connectivity index (χ1) is 13.5. The van der Waals surface area contributed by atoms with Gasteiger partial charge in [-0.2, -0.15) is 0 Å². The van der Waals surface area contributed by atoms with Gasteiger partial charge in [0.2, 0.25) is 0 Å². The number of amides is 1. The lowest BCUT2D eigenvalue weighted by Gasteiger charge is -2.31. The number of fused-ring (bicyclic) bond motifs is 1. The second kappa shape index (κ2) is 8.27. The summed E-state index contributed by atoms with van der Waals surface area (Å²) in [6.07, 6.45) is 1.57. The molecule has 8 heteroatoms. The van der Waals surface area contributed by atoms with Crippen molar-refractivity contribution in [2.75, 3.05) is 20.2 Å². The van der Waals surface area contributed by atoms with E-state index in [9.17, 15) is 4.79 Å². The molecule has 1 aromatic heterocycles. The number of hydrogen-bond donors (Lipinski definition) is 0. The first-order valence-corrected chi connectivity index (χ1v) is 10.9. The summed E-state index contributed by atoms with van der Waals surface area (Å²) in [7, 11) is 1.64. The van der Waals surface area contributed by atoms with E-state index in [0.29, 0.717) is 28.9 Å². The summed E-state index contributed by atoms with van der Waals surface area (Å²) in [5, 5.41) is 1.12. The van der Waals surface area contributed by atoms with Crippen molar-refractivity contribution in [3.05, 3.63) is 51.5 Å². The van der Waals surface area contributed by atoms with Gasteiger partial charge in [0, 0.05) is 36.5 Å². The average molecular weight is 482 g/mol. The molecule has 1 amide bonds. The van der Waals surface area contributed by atoms with Crippen molar-refractivity contribution in [2.24, 2.45) is 0 Å². The average Bonchev–Trinajstić information content (AvgIpc) is 3.11. The van der Waals surface area contributed by atoms with E-state index in [0.717, 1.165) is 33.3 Å². The molecule has 3 aromatic rings. The van der Waals surface area contributed by atoms with Gasteiger partial charge >= 0.3 is 0 Å². The van der Waals surface area contributed by atoms with Crippen molar-refractivity contribution in [1.82, 2.24) is 9.88 Å². The van der Waals surface area contributed by atoms with Crippen molar-refractivity contribution in [3.63, 3.8) is 0 Å². The van der Waals surface area contributed by atoms with Gasteiger partial charge in [0.15, 0.2) is 0 Å². The number of carbonyl (C=O) groups is 1. The number of benzene rings is 2. The van der Waals surface area contributed by atoms with Gasteiger partial charge in [-0.25, -0.2) is 4.98 Å². The third kappa shape index (κ3) is 4.11. The van der Waals surface area contributed by atoms with Crippen LogP contribution < -0.4 is 9.47 Å². The molecule has 2 heterocycles. The fraction of sp³-hybridized carbons (Fsp3) is 0.300. The predicted octanol–water partition coefficient (Wildman–Crippen LogP) is 5.40. The lowest BCUT2D eigenvalue weighted by molar-refractivity contribution is 0.0595. The first-order valence-electron chi connectivity index (χ1n) is 8.89. The van der Waals surface area contributed by atoms with E-state index in [-0.39, 0.29) is 12.0 Å². The van der Waals surface area contributed by atoms with Crippen molar-refractivity contribution >= 4 is 55.0 Å². The van der Waals surface area contributed by atoms with Crippen LogP contribution in [-0.2, 0) is 0 Å². The van der Waals surface area contributed by atoms with E-state index in [1.54, 1.807) is 19.2 Å². The summed E-state index contributed by atoms with van der Waals surface area (Å²) >= 11 is 11.1. The molecule has 0 radical (unpaired) electrons. The Bertz CT molecular complexity index is 1020. The Hall–Kier alpha value is -1.83. The number of likely N-dealkylation sites (tertiary alicyclic amines) is 1. The molecular formula is C20H18BrClN2O3S. The number of thiazole rings is 1. The van der Waals surface area contributed by atoms with E-state index in [4.69, 9.17) is 21.1 Å². The second-order valence-electron chi connectivity index (χ2n) is 6.55. The minimum absolute atomic E-state index is 0.0446. The van der Waals surface area contributed by atoms with Crippen molar-refractivity contribution in [2.45, 2.75) is 18.9 Å². The van der Waals surface area contributed by atoms with Gasteiger partial charge in [0.05, 0.1) is 27.9 Å². The van der Waals surface area contributed by atoms with Crippen molar-refractivity contribution in [3.8, 4) is 10.9 Å². The maximum atomic E-state index is 12.8. The number of aromatic nitrogens is 1. The van der Waals surface area contributed by atoms with Crippen LogP contribution in [-0.4, -0.2) is 42.1 Å². The standard InChI is InChI=1S/C20H18BrClN2O3S/c1-26-14-3-5-18-17(11-14)23-20(28-18)27-13-6-8-24(9-7-13)19(25)15-10-12(21)2-4-16(15)22/h2-5,10-11,13H,6-9H2,1H3. The van der Waals surface area contributed by atoms with Crippen LogP contribution in [0, 0.1) is 0 Å². The van der Waals surface area contributed by atoms with Crippen LogP contribution in [0.2, 0.25) is 5.02 Å². The van der Waals surface area contributed by atoms with Crippen LogP contribution in [0.3, 0.4) is 0 Å². The fourth-order valence-electron chi connectivity index (χ4n) is 3.21. The van der Waals surface area contributed by atoms with Crippen LogP contribution in [0.1, 0.15) is 23.2 Å². The number of methoxy groups -OCH3 is 1. The van der Waals surface area contributed by atoms with Gasteiger partial charge in [-0.3, -0.25) is 4.79 Å². The summed E-state index contributed by atoms with van der Waals surface area (Å²) < 4.78 is 13.2. The quantitative estimate of drug-likeness (QED) is 0.500. The van der Waals surface area contributed by atoms with Crippen LogP contribution >= 0.6 is 38.9 Å². The minimum Gasteiger partial charge on any atom is -0.497 e. The monoisotopic (exact) mass is 480 g/mol. The molecule has 0 aliphatic carbocycles. The molecule has 5 nitrogen and oxygen atoms in total. The number of nitrogens with zero attached hydrogens (tertiary/aromatic N) is 2. The molecule has 1 fully saturated rings. The molecule has 1 aliphatic rings. The van der Waals surface area contributed by atoms with E-state index >= 15 is 0 Å². The van der Waals surface area contributed by atoms with Crippen LogP contribution in [0.25, 0.3) is 10.2 Å². The summed E-state index contributed by atoms with van der Waals surface area (Å²) in [5.41, 5.74) is 1.40. The highest BCUT2D eigenvalue weighted by molar-refractivity contribution is 9.10. The molecule has 4 rings (SSSR count). The molecule has 0 N–H and O–H groups in total. The summed E-state index contributed by atoms with van der Waals surface area (Å²) in [4.78, 5) is 19.2. The van der Waals surface area contributed by atoms with Gasteiger partial charge in [-0.15, -0.1) is 0 Å². The lowest BCUT2D eigenvalue weighted by atomic mass is 10.1. The molecule has 0 atom stereocenters. The van der Waals surface area contributed by atoms with Gasteiger partial charge in [0.1, 0.15) is 11.9 Å². The van der Waals surface area contributed by atoms with Crippen molar-refractivity contribution < 1.29 is 14.3 Å². The Balaban J connectivity index is 1.39. The molecule has 1 saturated heterocycles. The molecule has 0 unspecified atom stereocenters.